The molecule has 8 nitrogen and oxygen atoms in total. The van der Waals surface area contributed by atoms with Crippen LogP contribution in [0.4, 0.5) is 11.5 Å². The normalized spacial score (nSPS) is 13.2. The molecule has 1 N–H and O–H groups in total. The van der Waals surface area contributed by atoms with Gasteiger partial charge >= 0.3 is 0 Å². The van der Waals surface area contributed by atoms with E-state index in [1.165, 1.54) is 11.3 Å². The largest absolute Gasteiger partial charge is 0.494 e. The van der Waals surface area contributed by atoms with Gasteiger partial charge in [-0.15, -0.1) is 11.3 Å². The molecule has 1 aliphatic rings. The molecule has 1 saturated heterocycles. The van der Waals surface area contributed by atoms with Crippen molar-refractivity contribution in [1.82, 2.24) is 9.88 Å². The molecular formula is C31H32N4O4S. The van der Waals surface area contributed by atoms with Gasteiger partial charge in [0.1, 0.15) is 17.3 Å². The summed E-state index contributed by atoms with van der Waals surface area (Å²) in [5, 5.41) is 2.89. The maximum Gasteiger partial charge on any atom is 0.264 e. The number of thiophene rings is 1. The molecule has 0 atom stereocenters. The van der Waals surface area contributed by atoms with Crippen LogP contribution in [0.3, 0.4) is 0 Å². The van der Waals surface area contributed by atoms with Crippen LogP contribution in [0.5, 0.6) is 11.5 Å². The average Bonchev–Trinajstić information content (AvgIpc) is 3.49. The number of rotatable bonds is 9. The fraction of sp³-hybridized carbons (Fsp3) is 0.258. The van der Waals surface area contributed by atoms with Gasteiger partial charge in [-0.05, 0) is 80.1 Å². The van der Waals surface area contributed by atoms with Crippen LogP contribution in [0.15, 0.2) is 79.0 Å². The fourth-order valence-electron chi connectivity index (χ4n) is 4.57. The third-order valence-electron chi connectivity index (χ3n) is 6.59. The van der Waals surface area contributed by atoms with Crippen LogP contribution in [0.1, 0.15) is 33.9 Å². The number of para-hydroxylation sites is 1. The number of carbonyl (C=O) groups is 2. The molecule has 0 unspecified atom stereocenters. The number of hydrogen-bond donors (Lipinski definition) is 1. The summed E-state index contributed by atoms with van der Waals surface area (Å²) >= 11 is 1.51. The van der Waals surface area contributed by atoms with E-state index >= 15 is 0 Å². The van der Waals surface area contributed by atoms with Gasteiger partial charge in [-0.1, -0.05) is 12.1 Å². The van der Waals surface area contributed by atoms with Crippen LogP contribution in [-0.4, -0.2) is 61.1 Å². The first-order valence-electron chi connectivity index (χ1n) is 13.4. The topological polar surface area (TPSA) is 84.0 Å². The van der Waals surface area contributed by atoms with Gasteiger partial charge < -0.3 is 24.6 Å². The summed E-state index contributed by atoms with van der Waals surface area (Å²) in [4.78, 5) is 36.4. The van der Waals surface area contributed by atoms with Gasteiger partial charge in [-0.2, -0.15) is 0 Å². The summed E-state index contributed by atoms with van der Waals surface area (Å²) in [6.45, 7) is 7.56. The molecule has 2 aromatic heterocycles. The van der Waals surface area contributed by atoms with Gasteiger partial charge in [-0.25, -0.2) is 4.98 Å². The third-order valence-corrected chi connectivity index (χ3v) is 7.72. The number of ether oxygens (including phenoxy) is 2. The minimum absolute atomic E-state index is 0.0557. The minimum atomic E-state index is -0.245. The summed E-state index contributed by atoms with van der Waals surface area (Å²) in [6, 6.07) is 22.8. The van der Waals surface area contributed by atoms with Crippen molar-refractivity contribution < 1.29 is 19.1 Å². The lowest BCUT2D eigenvalue weighted by molar-refractivity contribution is 0.0751. The summed E-state index contributed by atoms with van der Waals surface area (Å²) in [5.41, 5.74) is 2.16. The van der Waals surface area contributed by atoms with Crippen molar-refractivity contribution in [1.29, 1.82) is 0 Å². The van der Waals surface area contributed by atoms with Gasteiger partial charge in [0.15, 0.2) is 0 Å². The van der Waals surface area contributed by atoms with E-state index in [0.29, 0.717) is 56.4 Å². The molecule has 9 heteroatoms. The van der Waals surface area contributed by atoms with Gasteiger partial charge in [0.2, 0.25) is 0 Å². The molecule has 0 spiro atoms. The molecule has 1 aliphatic heterocycles. The molecule has 0 aliphatic carbocycles. The lowest BCUT2D eigenvalue weighted by Gasteiger charge is -2.35. The molecule has 2 aromatic carbocycles. The van der Waals surface area contributed by atoms with Crippen molar-refractivity contribution in [2.75, 3.05) is 49.6 Å². The number of hydrogen-bond acceptors (Lipinski definition) is 7. The van der Waals surface area contributed by atoms with Crippen LogP contribution < -0.4 is 19.7 Å². The Morgan fingerprint density at radius 1 is 0.875 bits per heavy atom. The first-order valence-corrected chi connectivity index (χ1v) is 14.2. The number of anilines is 2. The molecule has 0 saturated carbocycles. The van der Waals surface area contributed by atoms with E-state index < -0.39 is 0 Å². The first-order chi connectivity index (χ1) is 19.6. The maximum absolute atomic E-state index is 13.2. The predicted molar refractivity (Wildman–Crippen MR) is 159 cm³/mol. The number of aromatic nitrogens is 1. The number of nitrogens with zero attached hydrogens (tertiary/aromatic N) is 3. The van der Waals surface area contributed by atoms with E-state index in [-0.39, 0.29) is 11.8 Å². The molecule has 206 valence electrons. The Kier molecular flexibility index (Phi) is 8.61. The molecule has 5 rings (SSSR count). The Morgan fingerprint density at radius 2 is 1.62 bits per heavy atom. The average molecular weight is 557 g/mol. The zero-order chi connectivity index (χ0) is 27.9. The molecule has 2 amide bonds. The van der Waals surface area contributed by atoms with Crippen LogP contribution >= 0.6 is 11.3 Å². The molecule has 3 heterocycles. The highest BCUT2D eigenvalue weighted by Gasteiger charge is 2.24. The van der Waals surface area contributed by atoms with Crippen LogP contribution in [0.2, 0.25) is 0 Å². The number of carbonyl (C=O) groups excluding carboxylic acids is 2. The Bertz CT molecular complexity index is 1440. The Morgan fingerprint density at radius 3 is 2.33 bits per heavy atom. The molecule has 4 aromatic rings. The molecule has 0 radical (unpaired) electrons. The SMILES string of the molecule is CCOc1ccc(-c2ccc(C(=O)N3CCN(c4ccc(NC(=O)c5ccccc5OCC)cn4)CC3)s2)cc1. The number of benzene rings is 2. The van der Waals surface area contributed by atoms with E-state index in [1.54, 1.807) is 18.3 Å². The van der Waals surface area contributed by atoms with E-state index in [9.17, 15) is 9.59 Å². The molecule has 1 fully saturated rings. The summed E-state index contributed by atoms with van der Waals surface area (Å²) in [7, 11) is 0. The Balaban J connectivity index is 1.15. The van der Waals surface area contributed by atoms with Crippen LogP contribution in [-0.2, 0) is 0 Å². The standard InChI is InChI=1S/C31H32N4O4S/c1-3-38-24-12-9-22(10-13-24)27-14-15-28(40-27)31(37)35-19-17-34(18-20-35)29-16-11-23(21-32-29)33-30(36)25-7-5-6-8-26(25)39-4-2/h5-16,21H,3-4,17-20H2,1-2H3,(H,33,36). The van der Waals surface area contributed by atoms with Crippen molar-refractivity contribution in [3.63, 3.8) is 0 Å². The van der Waals surface area contributed by atoms with E-state index in [4.69, 9.17) is 9.47 Å². The van der Waals surface area contributed by atoms with E-state index in [2.05, 4.69) is 15.2 Å². The Hall–Kier alpha value is -4.37. The molecule has 0 bridgehead atoms. The number of amides is 2. The smallest absolute Gasteiger partial charge is 0.264 e. The highest BCUT2D eigenvalue weighted by molar-refractivity contribution is 7.17. The second-order valence-electron chi connectivity index (χ2n) is 9.19. The molecular weight excluding hydrogens is 524 g/mol. The van der Waals surface area contributed by atoms with Gasteiger partial charge in [0, 0.05) is 31.1 Å². The Labute approximate surface area is 238 Å². The van der Waals surface area contributed by atoms with Crippen LogP contribution in [0, 0.1) is 0 Å². The zero-order valence-corrected chi connectivity index (χ0v) is 23.4. The highest BCUT2D eigenvalue weighted by Crippen LogP contribution is 2.30. The van der Waals surface area contributed by atoms with Crippen molar-refractivity contribution >= 4 is 34.7 Å². The predicted octanol–water partition coefficient (Wildman–Crippen LogP) is 5.82. The number of nitrogens with one attached hydrogen (secondary N) is 1. The van der Waals surface area contributed by atoms with E-state index in [0.717, 1.165) is 26.9 Å². The number of piperazine rings is 1. The van der Waals surface area contributed by atoms with Crippen molar-refractivity contribution in [2.24, 2.45) is 0 Å². The molecule has 40 heavy (non-hydrogen) atoms. The minimum Gasteiger partial charge on any atom is -0.494 e. The highest BCUT2D eigenvalue weighted by atomic mass is 32.1. The second-order valence-corrected chi connectivity index (χ2v) is 10.3. The second kappa shape index (κ2) is 12.7. The van der Waals surface area contributed by atoms with Gasteiger partial charge in [0.25, 0.3) is 11.8 Å². The monoisotopic (exact) mass is 556 g/mol. The van der Waals surface area contributed by atoms with Crippen LogP contribution in [0.25, 0.3) is 10.4 Å². The van der Waals surface area contributed by atoms with Crippen molar-refractivity contribution in [3.05, 3.63) is 89.4 Å². The summed E-state index contributed by atoms with van der Waals surface area (Å²) in [6.07, 6.45) is 1.65. The zero-order valence-electron chi connectivity index (χ0n) is 22.6. The van der Waals surface area contributed by atoms with Gasteiger partial charge in [-0.3, -0.25) is 9.59 Å². The third kappa shape index (κ3) is 6.26. The lowest BCUT2D eigenvalue weighted by atomic mass is 10.2. The lowest BCUT2D eigenvalue weighted by Crippen LogP contribution is -2.48. The van der Waals surface area contributed by atoms with Crippen molar-refractivity contribution in [2.45, 2.75) is 13.8 Å². The quantitative estimate of drug-likeness (QED) is 0.280. The maximum atomic E-state index is 13.2. The van der Waals surface area contributed by atoms with Crippen molar-refractivity contribution in [3.8, 4) is 21.9 Å². The van der Waals surface area contributed by atoms with Gasteiger partial charge in [0.05, 0.1) is 35.5 Å². The summed E-state index contributed by atoms with van der Waals surface area (Å²) in [5.74, 6) is 2.02. The fourth-order valence-corrected chi connectivity index (χ4v) is 5.55. The summed E-state index contributed by atoms with van der Waals surface area (Å²) < 4.78 is 11.1. The number of pyridine rings is 1. The first kappa shape index (κ1) is 27.2. The van der Waals surface area contributed by atoms with E-state index in [1.807, 2.05) is 79.4 Å².